The van der Waals surface area contributed by atoms with Gasteiger partial charge in [0, 0.05) is 20.0 Å². The van der Waals surface area contributed by atoms with Gasteiger partial charge in [-0.25, -0.2) is 4.79 Å². The molecule has 0 aromatic rings. The molecule has 2 N–H and O–H groups in total. The summed E-state index contributed by atoms with van der Waals surface area (Å²) in [6.07, 6.45) is 1.17. The number of amides is 1. The van der Waals surface area contributed by atoms with Crippen LogP contribution in [0.25, 0.3) is 0 Å². The number of hydrogen-bond acceptors (Lipinski definition) is 5. The minimum Gasteiger partial charge on any atom is -0.467 e. The van der Waals surface area contributed by atoms with Crippen molar-refractivity contribution in [2.45, 2.75) is 19.4 Å². The van der Waals surface area contributed by atoms with Crippen LogP contribution in [0.2, 0.25) is 0 Å². The van der Waals surface area contributed by atoms with E-state index in [1.54, 1.807) is 0 Å². The lowest BCUT2D eigenvalue weighted by atomic mass is 10.1. The van der Waals surface area contributed by atoms with E-state index in [-0.39, 0.29) is 5.91 Å². The molecule has 6 nitrogen and oxygen atoms in total. The second-order valence-corrected chi connectivity index (χ2v) is 4.85. The summed E-state index contributed by atoms with van der Waals surface area (Å²) in [4.78, 5) is 24.7. The summed E-state index contributed by atoms with van der Waals surface area (Å²) in [5.74, 6) is -0.0281. The molecule has 1 saturated heterocycles. The van der Waals surface area contributed by atoms with Gasteiger partial charge in [-0.2, -0.15) is 0 Å². The Hall–Kier alpha value is -1.14. The fraction of sp³-hybridized carbons (Fsp3) is 0.833. The Labute approximate surface area is 108 Å². The molecule has 2 atom stereocenters. The van der Waals surface area contributed by atoms with Gasteiger partial charge >= 0.3 is 5.97 Å². The van der Waals surface area contributed by atoms with Crippen molar-refractivity contribution in [2.24, 2.45) is 5.92 Å². The predicted octanol–water partition coefficient (Wildman–Crippen LogP) is -0.795. The van der Waals surface area contributed by atoms with Gasteiger partial charge in [-0.15, -0.1) is 0 Å². The van der Waals surface area contributed by atoms with E-state index in [4.69, 9.17) is 0 Å². The minimum atomic E-state index is -0.605. The molecule has 1 heterocycles. The predicted molar refractivity (Wildman–Crippen MR) is 68.1 cm³/mol. The number of rotatable bonds is 6. The third kappa shape index (κ3) is 5.01. The highest BCUT2D eigenvalue weighted by atomic mass is 16.5. The van der Waals surface area contributed by atoms with Gasteiger partial charge in [-0.1, -0.05) is 0 Å². The lowest BCUT2D eigenvalue weighted by Gasteiger charge is -2.17. The van der Waals surface area contributed by atoms with Gasteiger partial charge in [-0.05, 0) is 32.5 Å². The third-order valence-corrected chi connectivity index (χ3v) is 3.13. The molecule has 0 bridgehead atoms. The van der Waals surface area contributed by atoms with Crippen LogP contribution >= 0.6 is 0 Å². The summed E-state index contributed by atoms with van der Waals surface area (Å²) >= 11 is 0. The topological polar surface area (TPSA) is 70.7 Å². The molecule has 104 valence electrons. The standard InChI is InChI=1S/C12H23N3O3/c1-9(16)14-11(12(17)18-3)7-13-6-10-4-5-15(2)8-10/h10-11,13H,4-8H2,1-3H3,(H,14,16). The van der Waals surface area contributed by atoms with Gasteiger partial charge in [0.05, 0.1) is 7.11 Å². The highest BCUT2D eigenvalue weighted by molar-refractivity contribution is 5.83. The average molecular weight is 257 g/mol. The fourth-order valence-electron chi connectivity index (χ4n) is 2.21. The summed E-state index contributed by atoms with van der Waals surface area (Å²) in [6, 6.07) is -0.605. The second-order valence-electron chi connectivity index (χ2n) is 4.85. The van der Waals surface area contributed by atoms with Gasteiger partial charge in [0.1, 0.15) is 6.04 Å². The molecule has 1 aliphatic rings. The molecule has 6 heteroatoms. The van der Waals surface area contributed by atoms with Crippen molar-refractivity contribution < 1.29 is 14.3 Å². The number of ether oxygens (including phenoxy) is 1. The van der Waals surface area contributed by atoms with Crippen LogP contribution in [0, 0.1) is 5.92 Å². The molecule has 0 aromatic heterocycles. The summed E-state index contributed by atoms with van der Waals surface area (Å²) in [7, 11) is 3.43. The zero-order chi connectivity index (χ0) is 13.5. The molecular formula is C12H23N3O3. The van der Waals surface area contributed by atoms with Gasteiger partial charge < -0.3 is 20.3 Å². The Morgan fingerprint density at radius 3 is 2.72 bits per heavy atom. The molecule has 0 spiro atoms. The van der Waals surface area contributed by atoms with Crippen LogP contribution in [0.3, 0.4) is 0 Å². The van der Waals surface area contributed by atoms with Crippen LogP contribution in [-0.4, -0.2) is 63.2 Å². The number of carbonyl (C=O) groups is 2. The molecule has 1 aliphatic heterocycles. The summed E-state index contributed by atoms with van der Waals surface area (Å²) in [6.45, 7) is 4.86. The largest absolute Gasteiger partial charge is 0.467 e. The summed E-state index contributed by atoms with van der Waals surface area (Å²) in [5.41, 5.74) is 0. The van der Waals surface area contributed by atoms with Crippen LogP contribution in [-0.2, 0) is 14.3 Å². The molecule has 2 unspecified atom stereocenters. The molecule has 0 aromatic carbocycles. The highest BCUT2D eigenvalue weighted by Crippen LogP contribution is 2.12. The number of nitrogens with one attached hydrogen (secondary N) is 2. The van der Waals surface area contributed by atoms with Gasteiger partial charge in [0.25, 0.3) is 0 Å². The molecule has 0 saturated carbocycles. The summed E-state index contributed by atoms with van der Waals surface area (Å²) in [5, 5.41) is 5.80. The molecule has 1 fully saturated rings. The van der Waals surface area contributed by atoms with Crippen LogP contribution in [0.1, 0.15) is 13.3 Å². The zero-order valence-corrected chi connectivity index (χ0v) is 11.4. The van der Waals surface area contributed by atoms with E-state index in [1.807, 2.05) is 0 Å². The van der Waals surface area contributed by atoms with Crippen molar-refractivity contribution in [3.8, 4) is 0 Å². The zero-order valence-electron chi connectivity index (χ0n) is 11.4. The fourth-order valence-corrected chi connectivity index (χ4v) is 2.21. The van der Waals surface area contributed by atoms with Crippen molar-refractivity contribution in [3.63, 3.8) is 0 Å². The van der Waals surface area contributed by atoms with Crippen LogP contribution < -0.4 is 10.6 Å². The Bertz CT molecular complexity index is 296. The Kier molecular flexibility index (Phi) is 6.07. The molecule has 18 heavy (non-hydrogen) atoms. The maximum atomic E-state index is 11.4. The highest BCUT2D eigenvalue weighted by Gasteiger charge is 2.22. The molecule has 1 rings (SSSR count). The molecular weight excluding hydrogens is 234 g/mol. The number of hydrogen-bond donors (Lipinski definition) is 2. The van der Waals surface area contributed by atoms with Crippen LogP contribution in [0.15, 0.2) is 0 Å². The smallest absolute Gasteiger partial charge is 0.329 e. The molecule has 1 amide bonds. The first-order chi connectivity index (χ1) is 8.52. The van der Waals surface area contributed by atoms with Crippen molar-refractivity contribution in [1.82, 2.24) is 15.5 Å². The van der Waals surface area contributed by atoms with Crippen LogP contribution in [0.5, 0.6) is 0 Å². The van der Waals surface area contributed by atoms with Crippen LogP contribution in [0.4, 0.5) is 0 Å². The van der Waals surface area contributed by atoms with Crippen molar-refractivity contribution in [3.05, 3.63) is 0 Å². The number of carbonyl (C=O) groups excluding carboxylic acids is 2. The maximum Gasteiger partial charge on any atom is 0.329 e. The SMILES string of the molecule is COC(=O)C(CNCC1CCN(C)C1)NC(C)=O. The van der Waals surface area contributed by atoms with Crippen molar-refractivity contribution in [1.29, 1.82) is 0 Å². The number of esters is 1. The quantitative estimate of drug-likeness (QED) is 0.610. The van der Waals surface area contributed by atoms with Gasteiger partial charge in [0.2, 0.25) is 5.91 Å². The minimum absolute atomic E-state index is 0.229. The normalized spacial score (nSPS) is 21.6. The molecule has 0 radical (unpaired) electrons. The first kappa shape index (κ1) is 14.9. The average Bonchev–Trinajstić information content (AvgIpc) is 2.72. The number of likely N-dealkylation sites (tertiary alicyclic amines) is 1. The van der Waals surface area contributed by atoms with E-state index < -0.39 is 12.0 Å². The molecule has 0 aliphatic carbocycles. The van der Waals surface area contributed by atoms with E-state index in [1.165, 1.54) is 20.5 Å². The van der Waals surface area contributed by atoms with E-state index in [0.717, 1.165) is 19.6 Å². The summed E-state index contributed by atoms with van der Waals surface area (Å²) < 4.78 is 4.65. The Balaban J connectivity index is 2.28. The van der Waals surface area contributed by atoms with Gasteiger partial charge in [-0.3, -0.25) is 4.79 Å². The number of methoxy groups -OCH3 is 1. The van der Waals surface area contributed by atoms with Crippen molar-refractivity contribution in [2.75, 3.05) is 40.3 Å². The maximum absolute atomic E-state index is 11.4. The lowest BCUT2D eigenvalue weighted by molar-refractivity contribution is -0.144. The van der Waals surface area contributed by atoms with Gasteiger partial charge in [0.15, 0.2) is 0 Å². The lowest BCUT2D eigenvalue weighted by Crippen LogP contribution is -2.47. The monoisotopic (exact) mass is 257 g/mol. The second kappa shape index (κ2) is 7.33. The first-order valence-corrected chi connectivity index (χ1v) is 6.27. The van der Waals surface area contributed by atoms with E-state index in [0.29, 0.717) is 12.5 Å². The first-order valence-electron chi connectivity index (χ1n) is 6.27. The van der Waals surface area contributed by atoms with E-state index in [9.17, 15) is 9.59 Å². The third-order valence-electron chi connectivity index (χ3n) is 3.13. The Morgan fingerprint density at radius 1 is 1.50 bits per heavy atom. The number of nitrogens with zero attached hydrogens (tertiary/aromatic N) is 1. The van der Waals surface area contributed by atoms with Crippen molar-refractivity contribution >= 4 is 11.9 Å². The van der Waals surface area contributed by atoms with E-state index in [2.05, 4.69) is 27.3 Å². The Morgan fingerprint density at radius 2 is 2.22 bits per heavy atom. The van der Waals surface area contributed by atoms with E-state index >= 15 is 0 Å².